The normalized spacial score (nSPS) is 20.9. The van der Waals surface area contributed by atoms with Gasteiger partial charge in [-0.25, -0.2) is 0 Å². The van der Waals surface area contributed by atoms with Gasteiger partial charge in [-0.05, 0) is 20.4 Å². The van der Waals surface area contributed by atoms with Gasteiger partial charge in [0.2, 0.25) is 0 Å². The summed E-state index contributed by atoms with van der Waals surface area (Å²) < 4.78 is 4.89. The molecule has 15 heavy (non-hydrogen) atoms. The summed E-state index contributed by atoms with van der Waals surface area (Å²) in [6.07, 6.45) is 2.50. The summed E-state index contributed by atoms with van der Waals surface area (Å²) in [7, 11) is 1.92. The maximum atomic E-state index is 12.0. The highest BCUT2D eigenvalue weighted by Gasteiger charge is 2.27. The van der Waals surface area contributed by atoms with E-state index >= 15 is 0 Å². The maximum absolute atomic E-state index is 12.0. The molecule has 1 amide bonds. The van der Waals surface area contributed by atoms with Crippen LogP contribution in [0.15, 0.2) is 10.7 Å². The van der Waals surface area contributed by atoms with Crippen LogP contribution in [0.4, 0.5) is 0 Å². The second-order valence-electron chi connectivity index (χ2n) is 3.82. The van der Waals surface area contributed by atoms with Crippen molar-refractivity contribution in [1.29, 1.82) is 0 Å². The molecule has 1 aromatic rings. The largest absolute Gasteiger partial charge is 0.361 e. The van der Waals surface area contributed by atoms with Crippen LogP contribution in [0.5, 0.6) is 0 Å². The van der Waals surface area contributed by atoms with Gasteiger partial charge in [0.05, 0.1) is 6.20 Å². The van der Waals surface area contributed by atoms with Gasteiger partial charge in [-0.2, -0.15) is 0 Å². The standard InChI is InChI=1S/C10H15N3O2/c1-7-9(5-12-15-7)10(14)13-4-3-8(6-13)11-2/h5,8,11H,3-4,6H2,1-2H3. The lowest BCUT2D eigenvalue weighted by atomic mass is 10.2. The molecule has 2 heterocycles. The number of hydrogen-bond donors (Lipinski definition) is 1. The highest BCUT2D eigenvalue weighted by atomic mass is 16.5. The Hall–Kier alpha value is -1.36. The van der Waals surface area contributed by atoms with Gasteiger partial charge in [0, 0.05) is 19.1 Å². The summed E-state index contributed by atoms with van der Waals surface area (Å²) in [5.74, 6) is 0.611. The molecule has 1 N–H and O–H groups in total. The first kappa shape index (κ1) is 10.2. The Kier molecular flexibility index (Phi) is 2.73. The summed E-state index contributed by atoms with van der Waals surface area (Å²) in [5.41, 5.74) is 0.576. The molecule has 0 aromatic carbocycles. The number of rotatable bonds is 2. The molecule has 0 aliphatic carbocycles. The highest BCUT2D eigenvalue weighted by molar-refractivity contribution is 5.94. The van der Waals surface area contributed by atoms with Crippen molar-refractivity contribution in [3.8, 4) is 0 Å². The van der Waals surface area contributed by atoms with E-state index in [9.17, 15) is 4.79 Å². The molecule has 0 saturated carbocycles. The first-order chi connectivity index (χ1) is 7.22. The van der Waals surface area contributed by atoms with Gasteiger partial charge in [0.15, 0.2) is 0 Å². The molecule has 82 valence electrons. The first-order valence-corrected chi connectivity index (χ1v) is 5.10. The summed E-state index contributed by atoms with van der Waals surface area (Å²) >= 11 is 0. The summed E-state index contributed by atoms with van der Waals surface area (Å²) in [6, 6.07) is 0.411. The Morgan fingerprint density at radius 2 is 2.53 bits per heavy atom. The number of nitrogens with one attached hydrogen (secondary N) is 1. The fraction of sp³-hybridized carbons (Fsp3) is 0.600. The number of aryl methyl sites for hydroxylation is 1. The van der Waals surface area contributed by atoms with Gasteiger partial charge < -0.3 is 14.7 Å². The Balaban J connectivity index is 2.07. The van der Waals surface area contributed by atoms with Gasteiger partial charge in [-0.15, -0.1) is 0 Å². The first-order valence-electron chi connectivity index (χ1n) is 5.10. The van der Waals surface area contributed by atoms with E-state index in [2.05, 4.69) is 10.5 Å². The SMILES string of the molecule is CNC1CCN(C(=O)c2cnoc2C)C1. The van der Waals surface area contributed by atoms with E-state index in [1.807, 2.05) is 11.9 Å². The molecule has 5 nitrogen and oxygen atoms in total. The van der Waals surface area contributed by atoms with Crippen LogP contribution in [0.1, 0.15) is 22.5 Å². The molecule has 5 heteroatoms. The van der Waals surface area contributed by atoms with Gasteiger partial charge in [-0.3, -0.25) is 4.79 Å². The second-order valence-corrected chi connectivity index (χ2v) is 3.82. The van der Waals surface area contributed by atoms with E-state index in [1.54, 1.807) is 6.92 Å². The Morgan fingerprint density at radius 3 is 3.07 bits per heavy atom. The lowest BCUT2D eigenvalue weighted by Gasteiger charge is -2.15. The van der Waals surface area contributed by atoms with E-state index < -0.39 is 0 Å². The monoisotopic (exact) mass is 209 g/mol. The van der Waals surface area contributed by atoms with Crippen molar-refractivity contribution in [2.24, 2.45) is 0 Å². The number of hydrogen-bond acceptors (Lipinski definition) is 4. The van der Waals surface area contributed by atoms with Crippen LogP contribution in [0.25, 0.3) is 0 Å². The number of likely N-dealkylation sites (tertiary alicyclic amines) is 1. The molecule has 1 aromatic heterocycles. The Bertz CT molecular complexity index is 361. The topological polar surface area (TPSA) is 58.4 Å². The molecular weight excluding hydrogens is 194 g/mol. The minimum absolute atomic E-state index is 0.0199. The quantitative estimate of drug-likeness (QED) is 0.766. The molecule has 2 rings (SSSR count). The third-order valence-corrected chi connectivity index (χ3v) is 2.86. The summed E-state index contributed by atoms with van der Waals surface area (Å²) in [4.78, 5) is 13.8. The number of likely N-dealkylation sites (N-methyl/N-ethyl adjacent to an activating group) is 1. The van der Waals surface area contributed by atoms with Crippen LogP contribution in [0.2, 0.25) is 0 Å². The van der Waals surface area contributed by atoms with E-state index in [-0.39, 0.29) is 5.91 Å². The zero-order valence-corrected chi connectivity index (χ0v) is 8.99. The smallest absolute Gasteiger partial charge is 0.259 e. The predicted molar refractivity (Wildman–Crippen MR) is 54.6 cm³/mol. The lowest BCUT2D eigenvalue weighted by molar-refractivity contribution is 0.0788. The van der Waals surface area contributed by atoms with Crippen molar-refractivity contribution in [3.63, 3.8) is 0 Å². The van der Waals surface area contributed by atoms with Crippen LogP contribution >= 0.6 is 0 Å². The average Bonchev–Trinajstić information content (AvgIpc) is 2.84. The summed E-state index contributed by atoms with van der Waals surface area (Å²) in [5, 5.41) is 6.79. The summed E-state index contributed by atoms with van der Waals surface area (Å²) in [6.45, 7) is 3.32. The van der Waals surface area contributed by atoms with Crippen molar-refractivity contribution >= 4 is 5.91 Å². The van der Waals surface area contributed by atoms with Gasteiger partial charge in [0.25, 0.3) is 5.91 Å². The molecular formula is C10H15N3O2. The minimum Gasteiger partial charge on any atom is -0.361 e. The van der Waals surface area contributed by atoms with E-state index in [4.69, 9.17) is 4.52 Å². The molecule has 1 atom stereocenters. The van der Waals surface area contributed by atoms with Gasteiger partial charge in [-0.1, -0.05) is 5.16 Å². The van der Waals surface area contributed by atoms with E-state index in [0.29, 0.717) is 17.4 Å². The highest BCUT2D eigenvalue weighted by Crippen LogP contribution is 2.15. The molecule has 1 fully saturated rings. The maximum Gasteiger partial charge on any atom is 0.259 e. The van der Waals surface area contributed by atoms with E-state index in [1.165, 1.54) is 6.20 Å². The van der Waals surface area contributed by atoms with Crippen molar-refractivity contribution < 1.29 is 9.32 Å². The number of aromatic nitrogens is 1. The van der Waals surface area contributed by atoms with Crippen LogP contribution in [0, 0.1) is 6.92 Å². The van der Waals surface area contributed by atoms with Crippen LogP contribution < -0.4 is 5.32 Å². The third-order valence-electron chi connectivity index (χ3n) is 2.86. The molecule has 1 saturated heterocycles. The van der Waals surface area contributed by atoms with Gasteiger partial charge >= 0.3 is 0 Å². The fourth-order valence-electron chi connectivity index (χ4n) is 1.85. The lowest BCUT2D eigenvalue weighted by Crippen LogP contribution is -2.33. The minimum atomic E-state index is 0.0199. The Labute approximate surface area is 88.4 Å². The zero-order chi connectivity index (χ0) is 10.8. The predicted octanol–water partition coefficient (Wildman–Crippen LogP) is 0.417. The number of carbonyl (C=O) groups is 1. The molecule has 1 aliphatic heterocycles. The number of nitrogens with zero attached hydrogens (tertiary/aromatic N) is 2. The van der Waals surface area contributed by atoms with Crippen LogP contribution in [-0.2, 0) is 0 Å². The molecule has 1 aliphatic rings. The van der Waals surface area contributed by atoms with E-state index in [0.717, 1.165) is 19.5 Å². The number of carbonyl (C=O) groups excluding carboxylic acids is 1. The van der Waals surface area contributed by atoms with Crippen molar-refractivity contribution in [2.75, 3.05) is 20.1 Å². The van der Waals surface area contributed by atoms with Crippen molar-refractivity contribution in [2.45, 2.75) is 19.4 Å². The van der Waals surface area contributed by atoms with Crippen molar-refractivity contribution in [1.82, 2.24) is 15.4 Å². The molecule has 0 radical (unpaired) electrons. The molecule has 1 unspecified atom stereocenters. The molecule has 0 bridgehead atoms. The van der Waals surface area contributed by atoms with Gasteiger partial charge in [0.1, 0.15) is 11.3 Å². The third kappa shape index (κ3) is 1.87. The Morgan fingerprint density at radius 1 is 1.73 bits per heavy atom. The van der Waals surface area contributed by atoms with Crippen molar-refractivity contribution in [3.05, 3.63) is 17.5 Å². The second kappa shape index (κ2) is 4.02. The fourth-order valence-corrected chi connectivity index (χ4v) is 1.85. The number of amides is 1. The molecule has 0 spiro atoms. The van der Waals surface area contributed by atoms with Crippen LogP contribution in [-0.4, -0.2) is 42.1 Å². The van der Waals surface area contributed by atoms with Crippen LogP contribution in [0.3, 0.4) is 0 Å². The average molecular weight is 209 g/mol. The zero-order valence-electron chi connectivity index (χ0n) is 8.99.